The summed E-state index contributed by atoms with van der Waals surface area (Å²) in [5, 5.41) is 12.3. The molecule has 1 aromatic carbocycles. The number of nitrogens with zero attached hydrogens (tertiary/aromatic N) is 3. The monoisotopic (exact) mass is 523 g/mol. The number of aliphatic imine (C=N–C) groups is 1. The molecule has 3 aromatic rings. The number of carbonyl (C=O) groups is 2. The van der Waals surface area contributed by atoms with Crippen molar-refractivity contribution in [3.05, 3.63) is 70.8 Å². The first-order valence-electron chi connectivity index (χ1n) is 11.5. The van der Waals surface area contributed by atoms with Gasteiger partial charge in [-0.3, -0.25) is 19.3 Å². The summed E-state index contributed by atoms with van der Waals surface area (Å²) in [7, 11) is -3.62. The number of hydrogen-bond acceptors (Lipinski definition) is 8. The number of sulfonamides is 1. The highest BCUT2D eigenvalue weighted by Gasteiger charge is 2.30. The summed E-state index contributed by atoms with van der Waals surface area (Å²) in [6.45, 7) is 3.63. The summed E-state index contributed by atoms with van der Waals surface area (Å²) < 4.78 is 38.9. The van der Waals surface area contributed by atoms with Crippen LogP contribution in [0.5, 0.6) is 0 Å². The average molecular weight is 524 g/mol. The molecule has 1 aliphatic heterocycles. The Morgan fingerprint density at radius 1 is 1.22 bits per heavy atom. The van der Waals surface area contributed by atoms with Gasteiger partial charge in [0.2, 0.25) is 0 Å². The molecule has 0 saturated heterocycles. The Kier molecular flexibility index (Phi) is 7.45. The number of ether oxygens (including phenoxy) is 1. The van der Waals surface area contributed by atoms with Crippen molar-refractivity contribution < 1.29 is 27.2 Å². The van der Waals surface area contributed by atoms with E-state index in [1.807, 2.05) is 6.92 Å². The third kappa shape index (κ3) is 5.57. The first-order valence-corrected chi connectivity index (χ1v) is 12.9. The topological polar surface area (TPSA) is 156 Å². The standard InChI is InChI=1S/C25H25N5O6S/c1-16-17(2)30(14-18-7-6-12-35-18)25(20(16)13-26)28-22(31)15-36-23(32)10-5-11-27-24-19-8-3-4-9-21(19)37(33,34)29-24/h3-4,6-9,12H,5,10-11,14-15H2,1-2H3,(H,27,29)(H,28,31). The molecule has 0 fully saturated rings. The number of carbonyl (C=O) groups excluding carboxylic acids is 2. The lowest BCUT2D eigenvalue weighted by Crippen LogP contribution is -2.23. The highest BCUT2D eigenvalue weighted by molar-refractivity contribution is 7.90. The van der Waals surface area contributed by atoms with Crippen molar-refractivity contribution in [3.63, 3.8) is 0 Å². The van der Waals surface area contributed by atoms with Crippen molar-refractivity contribution in [1.82, 2.24) is 9.29 Å². The van der Waals surface area contributed by atoms with Crippen LogP contribution in [0.3, 0.4) is 0 Å². The van der Waals surface area contributed by atoms with Gasteiger partial charge < -0.3 is 19.0 Å². The number of benzene rings is 1. The zero-order chi connectivity index (χ0) is 26.6. The molecule has 2 N–H and O–H groups in total. The Hall–Kier alpha value is -4.37. The van der Waals surface area contributed by atoms with Crippen molar-refractivity contribution in [3.8, 4) is 6.07 Å². The Morgan fingerprint density at radius 3 is 2.73 bits per heavy atom. The van der Waals surface area contributed by atoms with Gasteiger partial charge in [-0.1, -0.05) is 12.1 Å². The van der Waals surface area contributed by atoms with Crippen LogP contribution in [-0.2, 0) is 30.9 Å². The lowest BCUT2D eigenvalue weighted by molar-refractivity contribution is -0.147. The number of aromatic nitrogens is 1. The SMILES string of the molecule is Cc1c(C#N)c(NC(=O)COC(=O)CCCN=C2NS(=O)(=O)c3ccccc32)n(Cc2ccco2)c1C. The fourth-order valence-electron chi connectivity index (χ4n) is 3.94. The molecule has 12 heteroatoms. The molecule has 37 heavy (non-hydrogen) atoms. The lowest BCUT2D eigenvalue weighted by atomic mass is 10.2. The van der Waals surface area contributed by atoms with Gasteiger partial charge in [0.05, 0.1) is 23.3 Å². The van der Waals surface area contributed by atoms with Crippen LogP contribution in [0.2, 0.25) is 0 Å². The van der Waals surface area contributed by atoms with Crippen LogP contribution < -0.4 is 10.0 Å². The van der Waals surface area contributed by atoms with Crippen LogP contribution in [0.1, 0.15) is 41.0 Å². The minimum atomic E-state index is -3.62. The molecule has 2 aromatic heterocycles. The normalized spacial score (nSPS) is 14.6. The maximum absolute atomic E-state index is 12.5. The molecule has 0 spiro atoms. The molecule has 0 aliphatic carbocycles. The smallest absolute Gasteiger partial charge is 0.306 e. The van der Waals surface area contributed by atoms with Crippen LogP contribution in [0.15, 0.2) is 57.0 Å². The summed E-state index contributed by atoms with van der Waals surface area (Å²) in [6, 6.07) is 12.2. The molecule has 1 aliphatic rings. The first kappa shape index (κ1) is 25.7. The quantitative estimate of drug-likeness (QED) is 0.322. The number of amides is 1. The maximum Gasteiger partial charge on any atom is 0.306 e. The maximum atomic E-state index is 12.5. The van der Waals surface area contributed by atoms with Gasteiger partial charge in [0.15, 0.2) is 6.61 Å². The second-order valence-electron chi connectivity index (χ2n) is 8.36. The van der Waals surface area contributed by atoms with Crippen LogP contribution in [0, 0.1) is 25.2 Å². The molecule has 11 nitrogen and oxygen atoms in total. The van der Waals surface area contributed by atoms with Crippen molar-refractivity contribution in [1.29, 1.82) is 5.26 Å². The number of esters is 1. The van der Waals surface area contributed by atoms with Crippen LogP contribution in [0.25, 0.3) is 0 Å². The van der Waals surface area contributed by atoms with Gasteiger partial charge in [-0.15, -0.1) is 0 Å². The third-order valence-corrected chi connectivity index (χ3v) is 7.33. The molecule has 0 radical (unpaired) electrons. The number of furan rings is 1. The van der Waals surface area contributed by atoms with E-state index in [9.17, 15) is 23.3 Å². The second kappa shape index (κ2) is 10.7. The average Bonchev–Trinajstić information content (AvgIpc) is 3.54. The number of amidine groups is 1. The summed E-state index contributed by atoms with van der Waals surface area (Å²) in [5.41, 5.74) is 2.34. The third-order valence-electron chi connectivity index (χ3n) is 5.93. The van der Waals surface area contributed by atoms with Gasteiger partial charge in [0.1, 0.15) is 23.5 Å². The molecule has 0 unspecified atom stereocenters. The van der Waals surface area contributed by atoms with Gasteiger partial charge in [-0.05, 0) is 50.1 Å². The predicted molar refractivity (Wildman–Crippen MR) is 133 cm³/mol. The zero-order valence-corrected chi connectivity index (χ0v) is 21.1. The van der Waals surface area contributed by atoms with Crippen molar-refractivity contribution >= 4 is 33.6 Å². The summed E-state index contributed by atoms with van der Waals surface area (Å²) in [5.74, 6) is 0.0219. The number of anilines is 1. The molecule has 4 rings (SSSR count). The number of rotatable bonds is 9. The largest absolute Gasteiger partial charge is 0.467 e. The van der Waals surface area contributed by atoms with Gasteiger partial charge in [0.25, 0.3) is 15.9 Å². The lowest BCUT2D eigenvalue weighted by Gasteiger charge is -2.12. The molecule has 0 saturated carbocycles. The van der Waals surface area contributed by atoms with Crippen molar-refractivity contribution in [2.45, 2.75) is 38.1 Å². The summed E-state index contributed by atoms with van der Waals surface area (Å²) in [4.78, 5) is 29.1. The minimum Gasteiger partial charge on any atom is -0.467 e. The van der Waals surface area contributed by atoms with E-state index < -0.39 is 28.5 Å². The molecule has 3 heterocycles. The van der Waals surface area contributed by atoms with E-state index in [2.05, 4.69) is 21.1 Å². The van der Waals surface area contributed by atoms with Crippen molar-refractivity contribution in [2.75, 3.05) is 18.5 Å². The van der Waals surface area contributed by atoms with Gasteiger partial charge in [-0.2, -0.15) is 5.26 Å². The first-order chi connectivity index (χ1) is 17.7. The van der Waals surface area contributed by atoms with E-state index in [0.29, 0.717) is 35.7 Å². The fourth-order valence-corrected chi connectivity index (χ4v) is 5.19. The van der Waals surface area contributed by atoms with E-state index in [-0.39, 0.29) is 23.7 Å². The second-order valence-corrected chi connectivity index (χ2v) is 10.0. The number of hydrogen-bond donors (Lipinski definition) is 2. The Labute approximate surface area is 213 Å². The highest BCUT2D eigenvalue weighted by Crippen LogP contribution is 2.27. The van der Waals surface area contributed by atoms with E-state index in [0.717, 1.165) is 11.3 Å². The minimum absolute atomic E-state index is 0.00497. The summed E-state index contributed by atoms with van der Waals surface area (Å²) in [6.07, 6.45) is 1.84. The molecular weight excluding hydrogens is 498 g/mol. The molecule has 1 amide bonds. The Bertz CT molecular complexity index is 1510. The van der Waals surface area contributed by atoms with Crippen molar-refractivity contribution in [2.24, 2.45) is 4.99 Å². The summed E-state index contributed by atoms with van der Waals surface area (Å²) >= 11 is 0. The predicted octanol–water partition coefficient (Wildman–Crippen LogP) is 2.62. The number of nitrogens with one attached hydrogen (secondary N) is 2. The fraction of sp³-hybridized carbons (Fsp3) is 0.280. The van der Waals surface area contributed by atoms with E-state index in [4.69, 9.17) is 9.15 Å². The van der Waals surface area contributed by atoms with E-state index in [1.54, 1.807) is 48.1 Å². The van der Waals surface area contributed by atoms with Gasteiger partial charge in [-0.25, -0.2) is 8.42 Å². The van der Waals surface area contributed by atoms with Gasteiger partial charge >= 0.3 is 5.97 Å². The van der Waals surface area contributed by atoms with Crippen LogP contribution >= 0.6 is 0 Å². The number of fused-ring (bicyclic) bond motifs is 1. The van der Waals surface area contributed by atoms with Gasteiger partial charge in [0, 0.05) is 24.2 Å². The highest BCUT2D eigenvalue weighted by atomic mass is 32.2. The molecular formula is C25H25N5O6S. The van der Waals surface area contributed by atoms with E-state index in [1.165, 1.54) is 6.07 Å². The van der Waals surface area contributed by atoms with E-state index >= 15 is 0 Å². The molecule has 0 bridgehead atoms. The molecule has 0 atom stereocenters. The molecule has 192 valence electrons. The number of nitriles is 1. The Morgan fingerprint density at radius 2 is 2.00 bits per heavy atom. The zero-order valence-electron chi connectivity index (χ0n) is 20.3. The Balaban J connectivity index is 1.29. The van der Waals surface area contributed by atoms with Crippen LogP contribution in [0.4, 0.5) is 5.82 Å². The van der Waals surface area contributed by atoms with Crippen LogP contribution in [-0.4, -0.2) is 43.8 Å².